The van der Waals surface area contributed by atoms with E-state index in [1.165, 1.54) is 0 Å². The van der Waals surface area contributed by atoms with Gasteiger partial charge in [0.05, 0.1) is 11.4 Å². The molecule has 0 spiro atoms. The first-order valence-electron chi connectivity index (χ1n) is 6.63. The van der Waals surface area contributed by atoms with Crippen molar-refractivity contribution in [3.8, 4) is 0 Å². The number of carbonyl (C=O) groups is 1. The first-order chi connectivity index (χ1) is 8.99. The summed E-state index contributed by atoms with van der Waals surface area (Å²) in [5.41, 5.74) is 13.5. The lowest BCUT2D eigenvalue weighted by atomic mass is 10.1. The summed E-state index contributed by atoms with van der Waals surface area (Å²) in [7, 11) is 2.13. The van der Waals surface area contributed by atoms with E-state index in [0.29, 0.717) is 17.3 Å². The van der Waals surface area contributed by atoms with Crippen molar-refractivity contribution in [2.24, 2.45) is 5.73 Å². The molecule has 0 saturated carbocycles. The molecule has 5 heteroatoms. The van der Waals surface area contributed by atoms with Gasteiger partial charge in [0, 0.05) is 24.7 Å². The lowest BCUT2D eigenvalue weighted by Gasteiger charge is -2.31. The molecule has 1 aliphatic rings. The molecule has 0 aliphatic carbocycles. The monoisotopic (exact) mass is 262 g/mol. The largest absolute Gasteiger partial charge is 0.397 e. The normalized spacial score (nSPS) is 21.2. The summed E-state index contributed by atoms with van der Waals surface area (Å²) < 4.78 is 0. The van der Waals surface area contributed by atoms with Crippen molar-refractivity contribution < 1.29 is 4.79 Å². The van der Waals surface area contributed by atoms with Crippen molar-refractivity contribution in [3.05, 3.63) is 23.8 Å². The first kappa shape index (κ1) is 13.7. The minimum atomic E-state index is -0.416. The number of hydrogen-bond acceptors (Lipinski definition) is 4. The Hall–Kier alpha value is -1.75. The van der Waals surface area contributed by atoms with Gasteiger partial charge in [-0.05, 0) is 45.1 Å². The average Bonchev–Trinajstić information content (AvgIpc) is 2.50. The molecule has 1 atom stereocenters. The molecule has 5 nitrogen and oxygen atoms in total. The molecule has 0 aromatic heterocycles. The molecule has 104 valence electrons. The number of benzene rings is 1. The molecule has 1 saturated heterocycles. The Kier molecular flexibility index (Phi) is 3.95. The van der Waals surface area contributed by atoms with Gasteiger partial charge in [0.25, 0.3) is 0 Å². The smallest absolute Gasteiger partial charge is 0.248 e. The molecule has 1 unspecified atom stereocenters. The summed E-state index contributed by atoms with van der Waals surface area (Å²) in [5.74, 6) is -0.416. The number of nitrogen functional groups attached to an aromatic ring is 1. The fourth-order valence-electron chi connectivity index (χ4n) is 2.68. The van der Waals surface area contributed by atoms with Crippen LogP contribution in [0.4, 0.5) is 11.4 Å². The van der Waals surface area contributed by atoms with E-state index in [9.17, 15) is 4.79 Å². The van der Waals surface area contributed by atoms with Crippen LogP contribution in [0.25, 0.3) is 0 Å². The lowest BCUT2D eigenvalue weighted by Crippen LogP contribution is -2.38. The van der Waals surface area contributed by atoms with Crippen LogP contribution in [0.15, 0.2) is 18.2 Å². The quantitative estimate of drug-likeness (QED) is 0.776. The lowest BCUT2D eigenvalue weighted by molar-refractivity contribution is 0.100. The maximum atomic E-state index is 11.3. The molecule has 0 radical (unpaired) electrons. The van der Waals surface area contributed by atoms with Crippen LogP contribution in [-0.2, 0) is 0 Å². The number of rotatable bonds is 2. The highest BCUT2D eigenvalue weighted by Crippen LogP contribution is 2.27. The number of primary amides is 1. The molecule has 1 aromatic carbocycles. The van der Waals surface area contributed by atoms with Crippen LogP contribution < -0.4 is 16.4 Å². The van der Waals surface area contributed by atoms with Crippen LogP contribution >= 0.6 is 0 Å². The Labute approximate surface area is 114 Å². The van der Waals surface area contributed by atoms with Crippen LogP contribution in [0, 0.1) is 0 Å². The van der Waals surface area contributed by atoms with E-state index in [0.717, 1.165) is 31.7 Å². The maximum absolute atomic E-state index is 11.3. The second-order valence-corrected chi connectivity index (χ2v) is 5.30. The van der Waals surface area contributed by atoms with Crippen molar-refractivity contribution in [1.82, 2.24) is 4.90 Å². The van der Waals surface area contributed by atoms with Crippen molar-refractivity contribution in [1.29, 1.82) is 0 Å². The topological polar surface area (TPSA) is 75.6 Å². The van der Waals surface area contributed by atoms with Gasteiger partial charge < -0.3 is 21.3 Å². The number of nitrogens with two attached hydrogens (primary N) is 2. The molecule has 19 heavy (non-hydrogen) atoms. The molecule has 1 heterocycles. The molecule has 1 aliphatic heterocycles. The van der Waals surface area contributed by atoms with Crippen LogP contribution in [0.1, 0.15) is 23.7 Å². The zero-order valence-corrected chi connectivity index (χ0v) is 11.6. The van der Waals surface area contributed by atoms with Crippen LogP contribution in [0.5, 0.6) is 0 Å². The Morgan fingerprint density at radius 2 is 2.11 bits per heavy atom. The zero-order chi connectivity index (χ0) is 14.0. The molecule has 0 bridgehead atoms. The van der Waals surface area contributed by atoms with Gasteiger partial charge in [-0.2, -0.15) is 0 Å². The van der Waals surface area contributed by atoms with E-state index < -0.39 is 5.91 Å². The minimum Gasteiger partial charge on any atom is -0.397 e. The van der Waals surface area contributed by atoms with Gasteiger partial charge in [-0.25, -0.2) is 0 Å². The maximum Gasteiger partial charge on any atom is 0.248 e. The number of amides is 1. The van der Waals surface area contributed by atoms with Crippen LogP contribution in [0.2, 0.25) is 0 Å². The van der Waals surface area contributed by atoms with Crippen molar-refractivity contribution in [2.45, 2.75) is 19.4 Å². The number of hydrogen-bond donors (Lipinski definition) is 2. The average molecular weight is 262 g/mol. The first-order valence-corrected chi connectivity index (χ1v) is 6.63. The highest BCUT2D eigenvalue weighted by molar-refractivity contribution is 5.95. The van der Waals surface area contributed by atoms with Crippen molar-refractivity contribution in [3.63, 3.8) is 0 Å². The molecule has 2 rings (SSSR count). The summed E-state index contributed by atoms with van der Waals surface area (Å²) in [6, 6.07) is 5.60. The van der Waals surface area contributed by atoms with E-state index in [2.05, 4.69) is 23.8 Å². The summed E-state index contributed by atoms with van der Waals surface area (Å²) in [6.45, 7) is 5.19. The molecule has 1 amide bonds. The van der Waals surface area contributed by atoms with Crippen molar-refractivity contribution in [2.75, 3.05) is 37.3 Å². The Bertz CT molecular complexity index is 475. The third-order valence-electron chi connectivity index (χ3n) is 3.67. The summed E-state index contributed by atoms with van der Waals surface area (Å²) in [4.78, 5) is 15.9. The molecule has 1 aromatic rings. The van der Waals surface area contributed by atoms with Gasteiger partial charge in [0.15, 0.2) is 0 Å². The second kappa shape index (κ2) is 5.48. The Balaban J connectivity index is 2.33. The minimum absolute atomic E-state index is 0.359. The number of anilines is 2. The summed E-state index contributed by atoms with van der Waals surface area (Å²) >= 11 is 0. The Morgan fingerprint density at radius 3 is 2.79 bits per heavy atom. The Morgan fingerprint density at radius 1 is 1.37 bits per heavy atom. The zero-order valence-electron chi connectivity index (χ0n) is 11.6. The van der Waals surface area contributed by atoms with Crippen molar-refractivity contribution >= 4 is 17.3 Å². The van der Waals surface area contributed by atoms with Gasteiger partial charge in [-0.3, -0.25) is 4.79 Å². The number of likely N-dealkylation sites (N-methyl/N-ethyl adjacent to an activating group) is 1. The highest BCUT2D eigenvalue weighted by atomic mass is 16.1. The molecule has 1 fully saturated rings. The molecular formula is C14H22N4O. The predicted molar refractivity (Wildman–Crippen MR) is 78.3 cm³/mol. The second-order valence-electron chi connectivity index (χ2n) is 5.30. The van der Waals surface area contributed by atoms with E-state index in [1.807, 2.05) is 0 Å². The number of carbonyl (C=O) groups excluding carboxylic acids is 1. The third-order valence-corrected chi connectivity index (χ3v) is 3.67. The van der Waals surface area contributed by atoms with E-state index in [1.54, 1.807) is 18.2 Å². The fraction of sp³-hybridized carbons (Fsp3) is 0.500. The highest BCUT2D eigenvalue weighted by Gasteiger charge is 2.22. The number of nitrogens with zero attached hydrogens (tertiary/aromatic N) is 2. The van der Waals surface area contributed by atoms with Crippen LogP contribution in [0.3, 0.4) is 0 Å². The molecular weight excluding hydrogens is 240 g/mol. The van der Waals surface area contributed by atoms with Gasteiger partial charge in [0.1, 0.15) is 0 Å². The third kappa shape index (κ3) is 2.98. The summed E-state index contributed by atoms with van der Waals surface area (Å²) in [5, 5.41) is 0. The van der Waals surface area contributed by atoms with E-state index in [4.69, 9.17) is 11.5 Å². The standard InChI is InChI=1S/C14H22N4O/c1-10-9-17(2)6-3-7-18(10)13-8-11(14(16)19)4-5-12(13)15/h4-5,8,10H,3,6-7,9,15H2,1-2H3,(H2,16,19). The van der Waals surface area contributed by atoms with Gasteiger partial charge in [-0.15, -0.1) is 0 Å². The van der Waals surface area contributed by atoms with E-state index in [-0.39, 0.29) is 0 Å². The molecule has 4 N–H and O–H groups in total. The van der Waals surface area contributed by atoms with Crippen LogP contribution in [-0.4, -0.2) is 43.5 Å². The summed E-state index contributed by atoms with van der Waals surface area (Å²) in [6.07, 6.45) is 1.08. The van der Waals surface area contributed by atoms with Gasteiger partial charge in [-0.1, -0.05) is 0 Å². The SMILES string of the molecule is CC1CN(C)CCCN1c1cc(C(N)=O)ccc1N. The predicted octanol–water partition coefficient (Wildman–Crippen LogP) is 0.898. The van der Waals surface area contributed by atoms with E-state index >= 15 is 0 Å². The fourth-order valence-corrected chi connectivity index (χ4v) is 2.68. The van der Waals surface area contributed by atoms with Gasteiger partial charge >= 0.3 is 0 Å². The van der Waals surface area contributed by atoms with Gasteiger partial charge in [0.2, 0.25) is 5.91 Å².